The Hall–Kier alpha value is -2.53. The minimum absolute atomic E-state index is 0.0283. The highest BCUT2D eigenvalue weighted by molar-refractivity contribution is 5.90. The summed E-state index contributed by atoms with van der Waals surface area (Å²) in [6.07, 6.45) is 2.60. The second-order valence-electron chi connectivity index (χ2n) is 9.10. The number of hydrogen-bond donors (Lipinski definition) is 3. The lowest BCUT2D eigenvalue weighted by atomic mass is 9.83. The number of aliphatic hydroxyl groups is 1. The average molecular weight is 395 g/mol. The van der Waals surface area contributed by atoms with Crippen LogP contribution < -0.4 is 15.4 Å². The Balaban J connectivity index is 1.53. The van der Waals surface area contributed by atoms with Gasteiger partial charge in [0.1, 0.15) is 5.75 Å². The molecule has 1 aliphatic heterocycles. The van der Waals surface area contributed by atoms with Gasteiger partial charge in [-0.05, 0) is 41.0 Å². The number of aliphatic hydroxyl groups excluding tert-OH is 1. The van der Waals surface area contributed by atoms with Crippen LogP contribution in [0.15, 0.2) is 36.4 Å². The largest absolute Gasteiger partial charge is 0.493 e. The number of fused-ring (bicyclic) bond motifs is 2. The minimum atomic E-state index is -0.341. The predicted octanol–water partition coefficient (Wildman–Crippen LogP) is 4.48. The summed E-state index contributed by atoms with van der Waals surface area (Å²) < 4.78 is 6.00. The number of ether oxygens (including phenoxy) is 1. The quantitative estimate of drug-likeness (QED) is 0.703. The lowest BCUT2D eigenvalue weighted by Gasteiger charge is -2.32. The van der Waals surface area contributed by atoms with E-state index >= 15 is 0 Å². The molecule has 0 saturated heterocycles. The molecule has 0 aromatic heterocycles. The summed E-state index contributed by atoms with van der Waals surface area (Å²) in [5.41, 5.74) is 5.20. The van der Waals surface area contributed by atoms with E-state index in [0.29, 0.717) is 13.0 Å². The number of carbonyl (C=O) groups excluding carboxylic acids is 1. The van der Waals surface area contributed by atoms with E-state index in [0.717, 1.165) is 47.4 Å². The molecule has 2 aromatic rings. The Morgan fingerprint density at radius 3 is 2.72 bits per heavy atom. The maximum absolute atomic E-state index is 12.8. The fourth-order valence-electron chi connectivity index (χ4n) is 4.37. The second-order valence-corrected chi connectivity index (χ2v) is 9.10. The number of aryl methyl sites for hydroxylation is 1. The summed E-state index contributed by atoms with van der Waals surface area (Å²) in [4.78, 5) is 12.8. The Morgan fingerprint density at radius 2 is 1.93 bits per heavy atom. The standard InChI is InChI=1S/C24H30N2O3/c1-24(2,3)19-8-5-7-17-21(12-13-29-22(17)19)26-23(28)25-20-9-4-6-15-10-11-16(27)14-18(15)20/h4-9,16,21,27H,10-14H2,1-3H3,(H2,25,26,28). The van der Waals surface area contributed by atoms with Gasteiger partial charge in [-0.25, -0.2) is 4.79 Å². The maximum atomic E-state index is 12.8. The van der Waals surface area contributed by atoms with Crippen molar-refractivity contribution in [2.24, 2.45) is 0 Å². The Morgan fingerprint density at radius 1 is 1.14 bits per heavy atom. The van der Waals surface area contributed by atoms with Crippen molar-refractivity contribution in [3.05, 3.63) is 58.7 Å². The van der Waals surface area contributed by atoms with E-state index in [1.54, 1.807) is 0 Å². The molecule has 2 unspecified atom stereocenters. The van der Waals surface area contributed by atoms with Gasteiger partial charge in [0.2, 0.25) is 0 Å². The lowest BCUT2D eigenvalue weighted by Crippen LogP contribution is -2.36. The molecule has 5 heteroatoms. The number of anilines is 1. The first-order chi connectivity index (χ1) is 13.8. The number of amides is 2. The average Bonchev–Trinajstić information content (AvgIpc) is 2.67. The molecule has 2 aliphatic rings. The Kier molecular flexibility index (Phi) is 5.26. The van der Waals surface area contributed by atoms with E-state index in [9.17, 15) is 9.90 Å². The molecule has 5 nitrogen and oxygen atoms in total. The number of nitrogens with one attached hydrogen (secondary N) is 2. The molecular weight excluding hydrogens is 364 g/mol. The first-order valence-electron chi connectivity index (χ1n) is 10.5. The van der Waals surface area contributed by atoms with Crippen molar-refractivity contribution in [1.29, 1.82) is 0 Å². The Labute approximate surface area is 172 Å². The molecular formula is C24H30N2O3. The van der Waals surface area contributed by atoms with Crippen molar-refractivity contribution in [3.8, 4) is 5.75 Å². The summed E-state index contributed by atoms with van der Waals surface area (Å²) >= 11 is 0. The van der Waals surface area contributed by atoms with Crippen LogP contribution in [0, 0.1) is 0 Å². The van der Waals surface area contributed by atoms with Crippen LogP contribution in [-0.2, 0) is 18.3 Å². The SMILES string of the molecule is CC(C)(C)c1cccc2c1OCCC2NC(=O)Nc1cccc2c1CC(O)CC2. The molecule has 0 bridgehead atoms. The van der Waals surface area contributed by atoms with Crippen LogP contribution in [0.1, 0.15) is 61.9 Å². The number of benzene rings is 2. The second kappa shape index (κ2) is 7.71. The van der Waals surface area contributed by atoms with Crippen molar-refractivity contribution in [2.75, 3.05) is 11.9 Å². The van der Waals surface area contributed by atoms with Gasteiger partial charge < -0.3 is 20.5 Å². The van der Waals surface area contributed by atoms with Crippen LogP contribution >= 0.6 is 0 Å². The summed E-state index contributed by atoms with van der Waals surface area (Å²) in [5, 5.41) is 16.2. The highest BCUT2D eigenvalue weighted by Crippen LogP contribution is 2.40. The molecule has 29 heavy (non-hydrogen) atoms. The molecule has 1 heterocycles. The van der Waals surface area contributed by atoms with E-state index in [2.05, 4.69) is 43.5 Å². The smallest absolute Gasteiger partial charge is 0.319 e. The summed E-state index contributed by atoms with van der Waals surface area (Å²) in [6.45, 7) is 7.09. The van der Waals surface area contributed by atoms with Gasteiger partial charge in [0.15, 0.2) is 0 Å². The molecule has 2 aromatic carbocycles. The third-order valence-corrected chi connectivity index (χ3v) is 5.90. The maximum Gasteiger partial charge on any atom is 0.319 e. The van der Waals surface area contributed by atoms with Gasteiger partial charge in [0.05, 0.1) is 18.8 Å². The first-order valence-corrected chi connectivity index (χ1v) is 10.5. The predicted molar refractivity (Wildman–Crippen MR) is 115 cm³/mol. The van der Waals surface area contributed by atoms with Crippen LogP contribution in [0.5, 0.6) is 5.75 Å². The van der Waals surface area contributed by atoms with E-state index in [1.807, 2.05) is 24.3 Å². The van der Waals surface area contributed by atoms with Crippen molar-refractivity contribution in [3.63, 3.8) is 0 Å². The highest BCUT2D eigenvalue weighted by Gasteiger charge is 2.29. The molecule has 154 valence electrons. The van der Waals surface area contributed by atoms with Gasteiger partial charge in [0.25, 0.3) is 0 Å². The third kappa shape index (κ3) is 4.10. The van der Waals surface area contributed by atoms with E-state index in [-0.39, 0.29) is 23.6 Å². The molecule has 2 amide bonds. The monoisotopic (exact) mass is 394 g/mol. The van der Waals surface area contributed by atoms with E-state index < -0.39 is 0 Å². The number of hydrogen-bond acceptors (Lipinski definition) is 3. The highest BCUT2D eigenvalue weighted by atomic mass is 16.5. The molecule has 1 aliphatic carbocycles. The number of carbonyl (C=O) groups is 1. The number of para-hydroxylation sites is 1. The molecule has 0 radical (unpaired) electrons. The molecule has 2 atom stereocenters. The number of rotatable bonds is 2. The fraction of sp³-hybridized carbons (Fsp3) is 0.458. The zero-order chi connectivity index (χ0) is 20.6. The normalized spacial score (nSPS) is 20.8. The topological polar surface area (TPSA) is 70.6 Å². The number of urea groups is 1. The van der Waals surface area contributed by atoms with Gasteiger partial charge in [-0.1, -0.05) is 51.1 Å². The van der Waals surface area contributed by atoms with Gasteiger partial charge in [-0.3, -0.25) is 0 Å². The summed E-state index contributed by atoms with van der Waals surface area (Å²) in [7, 11) is 0. The van der Waals surface area contributed by atoms with E-state index in [4.69, 9.17) is 4.74 Å². The van der Waals surface area contributed by atoms with Crippen LogP contribution in [0.4, 0.5) is 10.5 Å². The van der Waals surface area contributed by atoms with Gasteiger partial charge >= 0.3 is 6.03 Å². The van der Waals surface area contributed by atoms with Gasteiger partial charge in [0, 0.05) is 24.1 Å². The van der Waals surface area contributed by atoms with Crippen LogP contribution in [0.3, 0.4) is 0 Å². The Bertz CT molecular complexity index is 917. The van der Waals surface area contributed by atoms with Crippen molar-refractivity contribution in [2.45, 2.75) is 64.0 Å². The van der Waals surface area contributed by atoms with Crippen molar-refractivity contribution in [1.82, 2.24) is 5.32 Å². The summed E-state index contributed by atoms with van der Waals surface area (Å²) in [6, 6.07) is 11.8. The molecule has 3 N–H and O–H groups in total. The van der Waals surface area contributed by atoms with Crippen molar-refractivity contribution >= 4 is 11.7 Å². The zero-order valence-corrected chi connectivity index (χ0v) is 17.4. The molecule has 4 rings (SSSR count). The van der Waals surface area contributed by atoms with Crippen molar-refractivity contribution < 1.29 is 14.6 Å². The molecule has 0 spiro atoms. The minimum Gasteiger partial charge on any atom is -0.493 e. The molecule has 0 fully saturated rings. The molecule has 0 saturated carbocycles. The van der Waals surface area contributed by atoms with Crippen LogP contribution in [0.2, 0.25) is 0 Å². The van der Waals surface area contributed by atoms with Crippen LogP contribution in [0.25, 0.3) is 0 Å². The lowest BCUT2D eigenvalue weighted by molar-refractivity contribution is 0.159. The fourth-order valence-corrected chi connectivity index (χ4v) is 4.37. The zero-order valence-electron chi connectivity index (χ0n) is 17.4. The first kappa shape index (κ1) is 19.8. The van der Waals surface area contributed by atoms with Crippen LogP contribution in [-0.4, -0.2) is 23.8 Å². The van der Waals surface area contributed by atoms with E-state index in [1.165, 1.54) is 5.56 Å². The summed E-state index contributed by atoms with van der Waals surface area (Å²) in [5.74, 6) is 0.900. The van der Waals surface area contributed by atoms with Gasteiger partial charge in [-0.2, -0.15) is 0 Å². The van der Waals surface area contributed by atoms with Gasteiger partial charge in [-0.15, -0.1) is 0 Å². The third-order valence-electron chi connectivity index (χ3n) is 5.90.